The van der Waals surface area contributed by atoms with Crippen LogP contribution in [-0.2, 0) is 0 Å². The van der Waals surface area contributed by atoms with Crippen molar-refractivity contribution in [1.82, 2.24) is 14.3 Å². The van der Waals surface area contributed by atoms with Crippen molar-refractivity contribution in [3.63, 3.8) is 0 Å². The molecule has 0 bridgehead atoms. The van der Waals surface area contributed by atoms with Gasteiger partial charge in [0.15, 0.2) is 5.56 Å². The van der Waals surface area contributed by atoms with E-state index in [0.717, 1.165) is 11.5 Å². The van der Waals surface area contributed by atoms with Crippen molar-refractivity contribution in [2.24, 2.45) is 0 Å². The number of nitrogens with one attached hydrogen (secondary N) is 2. The Bertz CT molecular complexity index is 670. The zero-order valence-corrected chi connectivity index (χ0v) is 10.5. The van der Waals surface area contributed by atoms with Gasteiger partial charge in [-0.25, -0.2) is 9.97 Å². The van der Waals surface area contributed by atoms with Gasteiger partial charge in [0.1, 0.15) is 23.2 Å². The lowest BCUT2D eigenvalue weighted by Crippen LogP contribution is -2.04. The molecule has 7 nitrogen and oxygen atoms in total. The van der Waals surface area contributed by atoms with Gasteiger partial charge in [-0.15, -0.1) is 0 Å². The highest BCUT2D eigenvalue weighted by Gasteiger charge is 2.13. The largest absolute Gasteiger partial charge is 0.481 e. The molecule has 2 aromatic heterocycles. The normalized spacial score (nSPS) is 9.83. The summed E-state index contributed by atoms with van der Waals surface area (Å²) in [6.07, 6.45) is 1.34. The van der Waals surface area contributed by atoms with Crippen molar-refractivity contribution < 1.29 is 4.74 Å². The van der Waals surface area contributed by atoms with Crippen molar-refractivity contribution >= 4 is 22.4 Å². The van der Waals surface area contributed by atoms with Crippen LogP contribution in [0.3, 0.4) is 0 Å². The van der Waals surface area contributed by atoms with E-state index in [2.05, 4.69) is 19.7 Å². The highest BCUT2D eigenvalue weighted by atomic mass is 32.1. The Balaban J connectivity index is 2.41. The average molecular weight is 263 g/mol. The molecular weight excluding hydrogens is 254 g/mol. The number of methoxy groups -OCH3 is 1. The molecule has 2 N–H and O–H groups in total. The number of aromatic amines is 1. The van der Waals surface area contributed by atoms with E-state index in [1.54, 1.807) is 6.92 Å². The Labute approximate surface area is 106 Å². The summed E-state index contributed by atoms with van der Waals surface area (Å²) in [4.78, 5) is 19.3. The lowest BCUT2D eigenvalue weighted by atomic mass is 10.3. The van der Waals surface area contributed by atoms with Gasteiger partial charge in [-0.2, -0.15) is 5.26 Å². The van der Waals surface area contributed by atoms with Gasteiger partial charge in [0.2, 0.25) is 5.88 Å². The molecule has 0 saturated carbocycles. The van der Waals surface area contributed by atoms with E-state index in [-0.39, 0.29) is 5.56 Å². The molecule has 0 aliphatic rings. The molecule has 0 radical (unpaired) electrons. The van der Waals surface area contributed by atoms with Gasteiger partial charge < -0.3 is 10.1 Å². The summed E-state index contributed by atoms with van der Waals surface area (Å²) in [5, 5.41) is 12.2. The number of ether oxygens (including phenoxy) is 1. The molecule has 0 aliphatic heterocycles. The number of rotatable bonds is 3. The van der Waals surface area contributed by atoms with Crippen LogP contribution in [0.2, 0.25) is 0 Å². The lowest BCUT2D eigenvalue weighted by molar-refractivity contribution is 0.394. The molecule has 0 amide bonds. The quantitative estimate of drug-likeness (QED) is 0.861. The molecule has 2 aromatic rings. The Morgan fingerprint density at radius 3 is 3.00 bits per heavy atom. The zero-order valence-electron chi connectivity index (χ0n) is 9.64. The van der Waals surface area contributed by atoms with Gasteiger partial charge in [-0.05, 0) is 18.5 Å². The second kappa shape index (κ2) is 4.85. The van der Waals surface area contributed by atoms with Crippen LogP contribution in [-0.4, -0.2) is 21.5 Å². The first-order chi connectivity index (χ1) is 8.67. The van der Waals surface area contributed by atoms with Crippen molar-refractivity contribution in [3.05, 3.63) is 27.8 Å². The lowest BCUT2D eigenvalue weighted by Gasteiger charge is -2.08. The number of aromatic nitrogens is 3. The minimum atomic E-state index is -0.413. The molecular formula is C10H9N5O2S. The summed E-state index contributed by atoms with van der Waals surface area (Å²) in [6.45, 7) is 1.78. The third-order valence-electron chi connectivity index (χ3n) is 2.27. The maximum Gasteiger partial charge on any atom is 0.278 e. The van der Waals surface area contributed by atoms with Gasteiger partial charge in [0.05, 0.1) is 12.7 Å². The van der Waals surface area contributed by atoms with Crippen LogP contribution in [0.5, 0.6) is 5.88 Å². The van der Waals surface area contributed by atoms with Crippen molar-refractivity contribution in [1.29, 1.82) is 5.26 Å². The number of hydrogen-bond donors (Lipinski definition) is 2. The first-order valence-corrected chi connectivity index (χ1v) is 5.73. The van der Waals surface area contributed by atoms with E-state index < -0.39 is 5.56 Å². The molecule has 18 heavy (non-hydrogen) atoms. The van der Waals surface area contributed by atoms with E-state index in [0.29, 0.717) is 22.3 Å². The minimum absolute atomic E-state index is 0.0389. The molecule has 0 fully saturated rings. The summed E-state index contributed by atoms with van der Waals surface area (Å²) < 4.78 is 7.55. The number of nitriles is 1. The van der Waals surface area contributed by atoms with E-state index in [1.807, 2.05) is 6.07 Å². The highest BCUT2D eigenvalue weighted by Crippen LogP contribution is 2.26. The summed E-state index contributed by atoms with van der Waals surface area (Å²) in [5.41, 5.74) is 0.324. The van der Waals surface area contributed by atoms with Crippen LogP contribution in [0.15, 0.2) is 11.1 Å². The number of nitrogens with zero attached hydrogens (tertiary/aromatic N) is 3. The fourth-order valence-corrected chi connectivity index (χ4v) is 2.05. The average Bonchev–Trinajstić information content (AvgIpc) is 2.72. The van der Waals surface area contributed by atoms with Crippen LogP contribution in [0.25, 0.3) is 0 Å². The second-order valence-electron chi connectivity index (χ2n) is 3.33. The number of anilines is 2. The third kappa shape index (κ3) is 2.03. The minimum Gasteiger partial charge on any atom is -0.481 e. The monoisotopic (exact) mass is 263 g/mol. The van der Waals surface area contributed by atoms with Crippen molar-refractivity contribution in [2.75, 3.05) is 12.4 Å². The smallest absolute Gasteiger partial charge is 0.278 e. The van der Waals surface area contributed by atoms with E-state index in [1.165, 1.54) is 13.4 Å². The Morgan fingerprint density at radius 2 is 2.33 bits per heavy atom. The van der Waals surface area contributed by atoms with Gasteiger partial charge in [-0.3, -0.25) is 9.17 Å². The molecule has 2 heterocycles. The fourth-order valence-electron chi connectivity index (χ4n) is 1.37. The van der Waals surface area contributed by atoms with Gasteiger partial charge in [0, 0.05) is 0 Å². The first-order valence-electron chi connectivity index (χ1n) is 4.91. The maximum absolute atomic E-state index is 11.3. The molecule has 92 valence electrons. The molecule has 2 rings (SSSR count). The number of H-pyrrole nitrogens is 1. The number of hydrogen-bond acceptors (Lipinski definition) is 7. The van der Waals surface area contributed by atoms with E-state index in [9.17, 15) is 4.79 Å². The standard InChI is InChI=1S/C10H9N5O2S/c1-5-7(12-4-13-9(5)17-2)14-10-6(3-11)8(16)15-18-10/h4H,1-2H3,(H,15,16)(H,12,13,14). The molecule has 0 spiro atoms. The van der Waals surface area contributed by atoms with Crippen LogP contribution in [0.1, 0.15) is 11.1 Å². The summed E-state index contributed by atoms with van der Waals surface area (Å²) >= 11 is 1.05. The van der Waals surface area contributed by atoms with Crippen LogP contribution in [0.4, 0.5) is 10.8 Å². The SMILES string of the molecule is COc1ncnc(Nc2s[nH]c(=O)c2C#N)c1C. The molecule has 8 heteroatoms. The predicted octanol–water partition coefficient (Wildman–Crippen LogP) is 1.16. The third-order valence-corrected chi connectivity index (χ3v) is 3.07. The molecule has 0 unspecified atom stereocenters. The van der Waals surface area contributed by atoms with Gasteiger partial charge in [0.25, 0.3) is 5.56 Å². The van der Waals surface area contributed by atoms with Crippen molar-refractivity contribution in [3.8, 4) is 11.9 Å². The molecule has 0 aromatic carbocycles. The summed E-state index contributed by atoms with van der Waals surface area (Å²) in [6, 6.07) is 1.84. The van der Waals surface area contributed by atoms with E-state index >= 15 is 0 Å². The second-order valence-corrected chi connectivity index (χ2v) is 4.15. The van der Waals surface area contributed by atoms with E-state index in [4.69, 9.17) is 10.00 Å². The predicted molar refractivity (Wildman–Crippen MR) is 66.3 cm³/mol. The molecule has 0 atom stereocenters. The summed E-state index contributed by atoms with van der Waals surface area (Å²) in [5.74, 6) is 0.933. The van der Waals surface area contributed by atoms with Crippen LogP contribution in [0, 0.1) is 18.3 Å². The summed E-state index contributed by atoms with van der Waals surface area (Å²) in [7, 11) is 1.51. The molecule has 0 saturated heterocycles. The maximum atomic E-state index is 11.3. The van der Waals surface area contributed by atoms with Crippen molar-refractivity contribution in [2.45, 2.75) is 6.92 Å². The highest BCUT2D eigenvalue weighted by molar-refractivity contribution is 7.10. The van der Waals surface area contributed by atoms with Gasteiger partial charge >= 0.3 is 0 Å². The molecule has 0 aliphatic carbocycles. The van der Waals surface area contributed by atoms with Gasteiger partial charge in [-0.1, -0.05) is 0 Å². The Hall–Kier alpha value is -2.40. The first kappa shape index (κ1) is 12.1. The fraction of sp³-hybridized carbons (Fsp3) is 0.200. The van der Waals surface area contributed by atoms with Crippen LogP contribution >= 0.6 is 11.5 Å². The Kier molecular flexibility index (Phi) is 3.25. The topological polar surface area (TPSA) is 104 Å². The Morgan fingerprint density at radius 1 is 1.56 bits per heavy atom. The zero-order chi connectivity index (χ0) is 13.1. The van der Waals surface area contributed by atoms with Crippen LogP contribution < -0.4 is 15.6 Å².